The zero-order valence-corrected chi connectivity index (χ0v) is 16.4. The van der Waals surface area contributed by atoms with Crippen LogP contribution in [0.5, 0.6) is 0 Å². The van der Waals surface area contributed by atoms with Crippen molar-refractivity contribution < 1.29 is 9.53 Å². The number of rotatable bonds is 5. The summed E-state index contributed by atoms with van der Waals surface area (Å²) in [5.41, 5.74) is 2.95. The number of ether oxygens (including phenoxy) is 1. The smallest absolute Gasteiger partial charge is 0.234 e. The van der Waals surface area contributed by atoms with E-state index in [0.29, 0.717) is 6.54 Å². The van der Waals surface area contributed by atoms with E-state index in [9.17, 15) is 4.79 Å². The lowest BCUT2D eigenvalue weighted by Crippen LogP contribution is -2.60. The molecule has 5 heteroatoms. The molecular formula is C22H33N3O2. The van der Waals surface area contributed by atoms with Gasteiger partial charge in [-0.1, -0.05) is 43.5 Å². The maximum atomic E-state index is 12.7. The van der Waals surface area contributed by atoms with Gasteiger partial charge in [-0.2, -0.15) is 0 Å². The summed E-state index contributed by atoms with van der Waals surface area (Å²) in [5, 5.41) is 3.30. The van der Waals surface area contributed by atoms with Crippen molar-refractivity contribution in [3.63, 3.8) is 0 Å². The SMILES string of the molecule is O=C(CN1CCc2ccccc2C1)NCC1(N2CCOCC2)CCCCC1. The number of hydrogen-bond donors (Lipinski definition) is 1. The first-order valence-corrected chi connectivity index (χ1v) is 10.6. The summed E-state index contributed by atoms with van der Waals surface area (Å²) < 4.78 is 5.55. The molecule has 1 aromatic rings. The van der Waals surface area contributed by atoms with E-state index >= 15 is 0 Å². The van der Waals surface area contributed by atoms with E-state index in [4.69, 9.17) is 4.74 Å². The highest BCUT2D eigenvalue weighted by atomic mass is 16.5. The Kier molecular flexibility index (Phi) is 6.11. The van der Waals surface area contributed by atoms with Crippen LogP contribution in [0, 0.1) is 0 Å². The van der Waals surface area contributed by atoms with Crippen LogP contribution in [-0.2, 0) is 22.5 Å². The number of fused-ring (bicyclic) bond motifs is 1. The molecule has 2 fully saturated rings. The third kappa shape index (κ3) is 4.53. The third-order valence-corrected chi connectivity index (χ3v) is 6.66. The highest BCUT2D eigenvalue weighted by molar-refractivity contribution is 5.78. The van der Waals surface area contributed by atoms with Crippen molar-refractivity contribution in [1.29, 1.82) is 0 Å². The van der Waals surface area contributed by atoms with Crippen LogP contribution in [0.15, 0.2) is 24.3 Å². The summed E-state index contributed by atoms with van der Waals surface area (Å²) >= 11 is 0. The van der Waals surface area contributed by atoms with Gasteiger partial charge in [-0.15, -0.1) is 0 Å². The fourth-order valence-corrected chi connectivity index (χ4v) is 5.06. The minimum atomic E-state index is 0.145. The van der Waals surface area contributed by atoms with Gasteiger partial charge in [0.25, 0.3) is 0 Å². The number of carbonyl (C=O) groups excluding carboxylic acids is 1. The lowest BCUT2D eigenvalue weighted by atomic mass is 9.79. The van der Waals surface area contributed by atoms with Crippen molar-refractivity contribution in [2.75, 3.05) is 45.9 Å². The number of nitrogens with zero attached hydrogens (tertiary/aromatic N) is 2. The number of hydrogen-bond acceptors (Lipinski definition) is 4. The van der Waals surface area contributed by atoms with Gasteiger partial charge >= 0.3 is 0 Å². The molecule has 0 unspecified atom stereocenters. The summed E-state index contributed by atoms with van der Waals surface area (Å²) in [4.78, 5) is 17.6. The summed E-state index contributed by atoms with van der Waals surface area (Å²) in [7, 11) is 0. The molecule has 4 rings (SSSR count). The molecule has 0 spiro atoms. The van der Waals surface area contributed by atoms with Gasteiger partial charge in [0.2, 0.25) is 5.91 Å². The summed E-state index contributed by atoms with van der Waals surface area (Å²) in [5.74, 6) is 0.174. The molecule has 0 aromatic heterocycles. The van der Waals surface area contributed by atoms with E-state index in [1.54, 1.807) is 0 Å². The topological polar surface area (TPSA) is 44.8 Å². The molecule has 1 N–H and O–H groups in total. The number of carbonyl (C=O) groups is 1. The molecule has 27 heavy (non-hydrogen) atoms. The van der Waals surface area contributed by atoms with Gasteiger partial charge in [0.05, 0.1) is 19.8 Å². The second-order valence-corrected chi connectivity index (χ2v) is 8.39. The maximum Gasteiger partial charge on any atom is 0.234 e. The molecule has 1 aromatic carbocycles. The van der Waals surface area contributed by atoms with Gasteiger partial charge < -0.3 is 10.1 Å². The van der Waals surface area contributed by atoms with Crippen molar-refractivity contribution in [2.45, 2.75) is 50.6 Å². The third-order valence-electron chi connectivity index (χ3n) is 6.66. The first-order valence-electron chi connectivity index (χ1n) is 10.6. The Labute approximate surface area is 163 Å². The fraction of sp³-hybridized carbons (Fsp3) is 0.682. The van der Waals surface area contributed by atoms with Crippen molar-refractivity contribution >= 4 is 5.91 Å². The minimum absolute atomic E-state index is 0.145. The number of nitrogens with one attached hydrogen (secondary N) is 1. The average Bonchev–Trinajstić information content (AvgIpc) is 2.73. The highest BCUT2D eigenvalue weighted by Gasteiger charge is 2.38. The Balaban J connectivity index is 1.32. The zero-order valence-electron chi connectivity index (χ0n) is 16.4. The minimum Gasteiger partial charge on any atom is -0.379 e. The Bertz CT molecular complexity index is 636. The Morgan fingerprint density at radius 2 is 1.78 bits per heavy atom. The molecular weight excluding hydrogens is 338 g/mol. The average molecular weight is 372 g/mol. The summed E-state index contributed by atoms with van der Waals surface area (Å²) in [6.45, 7) is 6.80. The van der Waals surface area contributed by atoms with E-state index in [1.165, 1.54) is 43.2 Å². The molecule has 1 amide bonds. The van der Waals surface area contributed by atoms with Crippen LogP contribution in [0.4, 0.5) is 0 Å². The Hall–Kier alpha value is -1.43. The number of benzene rings is 1. The molecule has 3 aliphatic rings. The molecule has 2 heterocycles. The predicted molar refractivity (Wildman–Crippen MR) is 107 cm³/mol. The largest absolute Gasteiger partial charge is 0.379 e. The molecule has 1 saturated carbocycles. The molecule has 0 radical (unpaired) electrons. The van der Waals surface area contributed by atoms with Gasteiger partial charge in [0, 0.05) is 38.3 Å². The van der Waals surface area contributed by atoms with E-state index in [-0.39, 0.29) is 11.4 Å². The van der Waals surface area contributed by atoms with Crippen LogP contribution < -0.4 is 5.32 Å². The molecule has 2 aliphatic heterocycles. The number of morpholine rings is 1. The first-order chi connectivity index (χ1) is 13.3. The van der Waals surface area contributed by atoms with Crippen LogP contribution in [-0.4, -0.2) is 67.2 Å². The van der Waals surface area contributed by atoms with Crippen molar-refractivity contribution in [2.24, 2.45) is 0 Å². The summed E-state index contributed by atoms with van der Waals surface area (Å²) in [6.07, 6.45) is 7.31. The van der Waals surface area contributed by atoms with E-state index < -0.39 is 0 Å². The van der Waals surface area contributed by atoms with E-state index in [2.05, 4.69) is 39.4 Å². The maximum absolute atomic E-state index is 12.7. The number of amides is 1. The Morgan fingerprint density at radius 3 is 2.56 bits per heavy atom. The normalized spacial score (nSPS) is 23.6. The quantitative estimate of drug-likeness (QED) is 0.862. The van der Waals surface area contributed by atoms with Crippen molar-refractivity contribution in [3.05, 3.63) is 35.4 Å². The molecule has 5 nitrogen and oxygen atoms in total. The van der Waals surface area contributed by atoms with Crippen LogP contribution in [0.25, 0.3) is 0 Å². The molecule has 0 bridgehead atoms. The van der Waals surface area contributed by atoms with Crippen LogP contribution in [0.3, 0.4) is 0 Å². The zero-order chi connectivity index (χ0) is 18.5. The first kappa shape index (κ1) is 18.9. The van der Waals surface area contributed by atoms with Crippen molar-refractivity contribution in [1.82, 2.24) is 15.1 Å². The van der Waals surface area contributed by atoms with Gasteiger partial charge in [0.1, 0.15) is 0 Å². The lowest BCUT2D eigenvalue weighted by molar-refractivity contribution is -0.123. The lowest BCUT2D eigenvalue weighted by Gasteiger charge is -2.48. The second-order valence-electron chi connectivity index (χ2n) is 8.39. The van der Waals surface area contributed by atoms with E-state index in [1.807, 2.05) is 0 Å². The van der Waals surface area contributed by atoms with E-state index in [0.717, 1.165) is 52.4 Å². The Morgan fingerprint density at radius 1 is 1.04 bits per heavy atom. The predicted octanol–water partition coefficient (Wildman–Crippen LogP) is 2.20. The molecule has 148 valence electrons. The summed E-state index contributed by atoms with van der Waals surface area (Å²) in [6, 6.07) is 8.60. The fourth-order valence-electron chi connectivity index (χ4n) is 5.06. The highest BCUT2D eigenvalue weighted by Crippen LogP contribution is 2.33. The standard InChI is InChI=1S/C22H33N3O2/c26-21(17-24-11-8-19-6-2-3-7-20(19)16-24)23-18-22(9-4-1-5-10-22)25-12-14-27-15-13-25/h2-3,6-7H,1,4-5,8-18H2,(H,23,26). The molecule has 1 aliphatic carbocycles. The van der Waals surface area contributed by atoms with Gasteiger partial charge in [0.15, 0.2) is 0 Å². The monoisotopic (exact) mass is 371 g/mol. The molecule has 1 saturated heterocycles. The van der Waals surface area contributed by atoms with Crippen LogP contribution in [0.1, 0.15) is 43.2 Å². The second kappa shape index (κ2) is 8.72. The van der Waals surface area contributed by atoms with Gasteiger partial charge in [-0.3, -0.25) is 14.6 Å². The van der Waals surface area contributed by atoms with Gasteiger partial charge in [-0.25, -0.2) is 0 Å². The van der Waals surface area contributed by atoms with Crippen LogP contribution in [0.2, 0.25) is 0 Å². The molecule has 0 atom stereocenters. The van der Waals surface area contributed by atoms with Gasteiger partial charge in [-0.05, 0) is 30.4 Å². The van der Waals surface area contributed by atoms with Crippen LogP contribution >= 0.6 is 0 Å². The van der Waals surface area contributed by atoms with Crippen molar-refractivity contribution in [3.8, 4) is 0 Å².